The summed E-state index contributed by atoms with van der Waals surface area (Å²) in [7, 11) is 0. The van der Waals surface area contributed by atoms with Gasteiger partial charge in [0.1, 0.15) is 17.1 Å². The van der Waals surface area contributed by atoms with E-state index >= 15 is 0 Å². The third-order valence-corrected chi connectivity index (χ3v) is 3.89. The Morgan fingerprint density at radius 2 is 2.04 bits per heavy atom. The SMILES string of the molecule is Cc1ccc2cc(-c3nn(CC(C)C)c(N)c3C(N)=O)cnc2c1. The molecule has 0 atom stereocenters. The van der Waals surface area contributed by atoms with Crippen LogP contribution in [-0.4, -0.2) is 20.7 Å². The zero-order valence-electron chi connectivity index (χ0n) is 14.1. The summed E-state index contributed by atoms with van der Waals surface area (Å²) in [5.74, 6) is 0.0650. The number of pyridine rings is 1. The number of nitrogens with zero attached hydrogens (tertiary/aromatic N) is 3. The van der Waals surface area contributed by atoms with Crippen LogP contribution in [0.2, 0.25) is 0 Å². The lowest BCUT2D eigenvalue weighted by molar-refractivity contribution is 0.100. The van der Waals surface area contributed by atoms with Crippen molar-refractivity contribution in [3.8, 4) is 11.3 Å². The van der Waals surface area contributed by atoms with Crippen LogP contribution in [0.15, 0.2) is 30.5 Å². The van der Waals surface area contributed by atoms with Crippen LogP contribution in [0.1, 0.15) is 29.8 Å². The molecule has 4 N–H and O–H groups in total. The molecule has 1 aromatic carbocycles. The van der Waals surface area contributed by atoms with E-state index in [-0.39, 0.29) is 5.56 Å². The standard InChI is InChI=1S/C18H21N5O/c1-10(2)9-23-17(19)15(18(20)24)16(22-23)13-7-12-5-4-11(3)6-14(12)21-8-13/h4-8,10H,9,19H2,1-3H3,(H2,20,24). The third kappa shape index (κ3) is 2.82. The van der Waals surface area contributed by atoms with Crippen LogP contribution in [0.25, 0.3) is 22.2 Å². The van der Waals surface area contributed by atoms with E-state index in [0.29, 0.717) is 24.0 Å². The number of aromatic nitrogens is 3. The van der Waals surface area contributed by atoms with E-state index in [4.69, 9.17) is 11.5 Å². The second-order valence-electron chi connectivity index (χ2n) is 6.47. The molecule has 3 aromatic rings. The molecule has 0 unspecified atom stereocenters. The first-order chi connectivity index (χ1) is 11.4. The van der Waals surface area contributed by atoms with Crippen molar-refractivity contribution in [2.45, 2.75) is 27.3 Å². The lowest BCUT2D eigenvalue weighted by Gasteiger charge is -2.06. The molecule has 1 amide bonds. The highest BCUT2D eigenvalue weighted by atomic mass is 16.1. The number of anilines is 1. The number of benzene rings is 1. The largest absolute Gasteiger partial charge is 0.383 e. The Labute approximate surface area is 140 Å². The zero-order chi connectivity index (χ0) is 17.4. The van der Waals surface area contributed by atoms with Crippen molar-refractivity contribution in [3.63, 3.8) is 0 Å². The lowest BCUT2D eigenvalue weighted by Crippen LogP contribution is -2.15. The summed E-state index contributed by atoms with van der Waals surface area (Å²) in [6.45, 7) is 6.76. The van der Waals surface area contributed by atoms with E-state index in [0.717, 1.165) is 22.0 Å². The number of nitrogens with two attached hydrogens (primary N) is 2. The Morgan fingerprint density at radius 3 is 2.71 bits per heavy atom. The van der Waals surface area contributed by atoms with E-state index in [2.05, 4.69) is 23.9 Å². The maximum absolute atomic E-state index is 11.9. The van der Waals surface area contributed by atoms with E-state index in [9.17, 15) is 4.79 Å². The van der Waals surface area contributed by atoms with Crippen molar-refractivity contribution in [1.29, 1.82) is 0 Å². The summed E-state index contributed by atoms with van der Waals surface area (Å²) in [6, 6.07) is 7.99. The number of nitrogen functional groups attached to an aromatic ring is 1. The minimum absolute atomic E-state index is 0.254. The van der Waals surface area contributed by atoms with Crippen molar-refractivity contribution in [3.05, 3.63) is 41.6 Å². The molecule has 0 aliphatic rings. The van der Waals surface area contributed by atoms with Crippen molar-refractivity contribution < 1.29 is 4.79 Å². The second kappa shape index (κ2) is 5.96. The van der Waals surface area contributed by atoms with Crippen molar-refractivity contribution >= 4 is 22.6 Å². The lowest BCUT2D eigenvalue weighted by atomic mass is 10.1. The average Bonchev–Trinajstić information content (AvgIpc) is 2.83. The van der Waals surface area contributed by atoms with Crippen LogP contribution < -0.4 is 11.5 Å². The first kappa shape index (κ1) is 16.0. The van der Waals surface area contributed by atoms with Gasteiger partial charge in [-0.15, -0.1) is 0 Å². The summed E-state index contributed by atoms with van der Waals surface area (Å²) in [5, 5.41) is 5.49. The highest BCUT2D eigenvalue weighted by molar-refractivity contribution is 6.03. The molecule has 6 nitrogen and oxygen atoms in total. The van der Waals surface area contributed by atoms with Gasteiger partial charge in [0.2, 0.25) is 0 Å². The number of fused-ring (bicyclic) bond motifs is 1. The fourth-order valence-electron chi connectivity index (χ4n) is 2.77. The van der Waals surface area contributed by atoms with Gasteiger partial charge in [-0.25, -0.2) is 4.68 Å². The van der Waals surface area contributed by atoms with Gasteiger partial charge in [0.05, 0.1) is 5.52 Å². The van der Waals surface area contributed by atoms with Crippen molar-refractivity contribution in [1.82, 2.24) is 14.8 Å². The summed E-state index contributed by atoms with van der Waals surface area (Å²) in [5.41, 5.74) is 15.1. The van der Waals surface area contributed by atoms with Gasteiger partial charge in [0.25, 0.3) is 5.91 Å². The number of carbonyl (C=O) groups is 1. The molecule has 0 aliphatic carbocycles. The molecule has 24 heavy (non-hydrogen) atoms. The Hall–Kier alpha value is -2.89. The van der Waals surface area contributed by atoms with E-state index in [1.54, 1.807) is 10.9 Å². The van der Waals surface area contributed by atoms with E-state index in [1.165, 1.54) is 0 Å². The van der Waals surface area contributed by atoms with Gasteiger partial charge in [-0.2, -0.15) is 5.10 Å². The highest BCUT2D eigenvalue weighted by Gasteiger charge is 2.22. The van der Waals surface area contributed by atoms with Crippen LogP contribution in [0, 0.1) is 12.8 Å². The molecule has 0 fully saturated rings. The van der Waals surface area contributed by atoms with Crippen LogP contribution in [0.4, 0.5) is 5.82 Å². The van der Waals surface area contributed by atoms with Gasteiger partial charge in [0, 0.05) is 23.7 Å². The van der Waals surface area contributed by atoms with Crippen molar-refractivity contribution in [2.75, 3.05) is 5.73 Å². The topological polar surface area (TPSA) is 99.8 Å². The smallest absolute Gasteiger partial charge is 0.254 e. The fraction of sp³-hybridized carbons (Fsp3) is 0.278. The number of hydrogen-bond donors (Lipinski definition) is 2. The van der Waals surface area contributed by atoms with E-state index in [1.807, 2.05) is 31.2 Å². The van der Waals surface area contributed by atoms with Gasteiger partial charge in [-0.1, -0.05) is 26.0 Å². The Bertz CT molecular complexity index is 927. The quantitative estimate of drug-likeness (QED) is 0.771. The first-order valence-corrected chi connectivity index (χ1v) is 7.89. The van der Waals surface area contributed by atoms with Crippen LogP contribution >= 0.6 is 0 Å². The molecule has 0 aliphatic heterocycles. The molecule has 6 heteroatoms. The van der Waals surface area contributed by atoms with Crippen LogP contribution in [-0.2, 0) is 6.54 Å². The highest BCUT2D eigenvalue weighted by Crippen LogP contribution is 2.29. The van der Waals surface area contributed by atoms with Gasteiger partial charge < -0.3 is 11.5 Å². The predicted octanol–water partition coefficient (Wildman–Crippen LogP) is 2.74. The van der Waals surface area contributed by atoms with Gasteiger partial charge in [0.15, 0.2) is 0 Å². The maximum Gasteiger partial charge on any atom is 0.254 e. The molecule has 0 spiro atoms. The molecule has 2 heterocycles. The van der Waals surface area contributed by atoms with Crippen LogP contribution in [0.5, 0.6) is 0 Å². The number of carbonyl (C=O) groups excluding carboxylic acids is 1. The first-order valence-electron chi connectivity index (χ1n) is 7.89. The normalized spacial score (nSPS) is 11.3. The number of aryl methyl sites for hydroxylation is 1. The number of primary amides is 1. The molecular weight excluding hydrogens is 302 g/mol. The van der Waals surface area contributed by atoms with E-state index < -0.39 is 5.91 Å². The zero-order valence-corrected chi connectivity index (χ0v) is 14.1. The number of rotatable bonds is 4. The summed E-state index contributed by atoms with van der Waals surface area (Å²) >= 11 is 0. The molecule has 2 aromatic heterocycles. The monoisotopic (exact) mass is 323 g/mol. The minimum atomic E-state index is -0.582. The van der Waals surface area contributed by atoms with Crippen molar-refractivity contribution in [2.24, 2.45) is 11.7 Å². The Balaban J connectivity index is 2.17. The molecular formula is C18H21N5O. The summed E-state index contributed by atoms with van der Waals surface area (Å²) < 4.78 is 1.64. The number of hydrogen-bond acceptors (Lipinski definition) is 4. The minimum Gasteiger partial charge on any atom is -0.383 e. The summed E-state index contributed by atoms with van der Waals surface area (Å²) in [4.78, 5) is 16.4. The Morgan fingerprint density at radius 1 is 1.29 bits per heavy atom. The Kier molecular flexibility index (Phi) is 3.97. The third-order valence-electron chi connectivity index (χ3n) is 3.89. The van der Waals surface area contributed by atoms with Gasteiger partial charge >= 0.3 is 0 Å². The van der Waals surface area contributed by atoms with Crippen LogP contribution in [0.3, 0.4) is 0 Å². The molecule has 124 valence electrons. The van der Waals surface area contributed by atoms with Gasteiger partial charge in [-0.3, -0.25) is 9.78 Å². The summed E-state index contributed by atoms with van der Waals surface area (Å²) in [6.07, 6.45) is 1.70. The molecule has 3 rings (SSSR count). The molecule has 0 saturated carbocycles. The predicted molar refractivity (Wildman–Crippen MR) is 95.5 cm³/mol. The average molecular weight is 323 g/mol. The number of amides is 1. The fourth-order valence-corrected chi connectivity index (χ4v) is 2.77. The molecule has 0 bridgehead atoms. The second-order valence-corrected chi connectivity index (χ2v) is 6.47. The van der Waals surface area contributed by atoms with Gasteiger partial charge in [-0.05, 0) is 30.5 Å². The molecule has 0 radical (unpaired) electrons. The maximum atomic E-state index is 11.9. The molecule has 0 saturated heterocycles.